The number of imide groups is 1. The average molecular weight is 466 g/mol. The summed E-state index contributed by atoms with van der Waals surface area (Å²) in [5, 5.41) is 2.24. The van der Waals surface area contributed by atoms with Crippen molar-refractivity contribution in [3.05, 3.63) is 82.5 Å². The first-order valence-corrected chi connectivity index (χ1v) is 11.0. The van der Waals surface area contributed by atoms with Gasteiger partial charge in [0.05, 0.1) is 4.91 Å². The summed E-state index contributed by atoms with van der Waals surface area (Å²) in [5.41, 5.74) is 2.50. The number of carbonyl (C=O) groups excluding carboxylic acids is 4. The molecule has 9 heteroatoms. The molecule has 168 valence electrons. The minimum Gasteiger partial charge on any atom is -0.354 e. The van der Waals surface area contributed by atoms with Gasteiger partial charge in [0, 0.05) is 42.9 Å². The van der Waals surface area contributed by atoms with Crippen LogP contribution < -0.4 is 5.32 Å². The van der Waals surface area contributed by atoms with E-state index in [1.165, 1.54) is 35.2 Å². The van der Waals surface area contributed by atoms with Crippen LogP contribution in [-0.4, -0.2) is 52.4 Å². The van der Waals surface area contributed by atoms with Gasteiger partial charge < -0.3 is 10.2 Å². The summed E-state index contributed by atoms with van der Waals surface area (Å²) in [6.45, 7) is 4.24. The van der Waals surface area contributed by atoms with Gasteiger partial charge in [0.2, 0.25) is 5.91 Å². The zero-order chi connectivity index (χ0) is 23.5. The summed E-state index contributed by atoms with van der Waals surface area (Å²) >= 11 is 0.799. The van der Waals surface area contributed by atoms with Gasteiger partial charge in [0.1, 0.15) is 5.82 Å². The fourth-order valence-electron chi connectivity index (χ4n) is 3.58. The molecule has 0 bridgehead atoms. The molecule has 0 radical (unpaired) electrons. The molecule has 2 aliphatic rings. The summed E-state index contributed by atoms with van der Waals surface area (Å²) in [4.78, 5) is 52.2. The zero-order valence-electron chi connectivity index (χ0n) is 17.5. The van der Waals surface area contributed by atoms with Crippen molar-refractivity contribution in [1.82, 2.24) is 15.1 Å². The van der Waals surface area contributed by atoms with Crippen LogP contribution in [0.2, 0.25) is 0 Å². The van der Waals surface area contributed by atoms with Crippen LogP contribution in [0.1, 0.15) is 27.9 Å². The van der Waals surface area contributed by atoms with Crippen LogP contribution >= 0.6 is 11.8 Å². The number of fused-ring (bicyclic) bond motifs is 1. The Hall–Kier alpha value is -3.72. The van der Waals surface area contributed by atoms with Crippen LogP contribution in [0.3, 0.4) is 0 Å². The van der Waals surface area contributed by atoms with Crippen molar-refractivity contribution in [3.8, 4) is 0 Å². The van der Waals surface area contributed by atoms with E-state index in [4.69, 9.17) is 0 Å². The fraction of sp³-hybridized carbons (Fsp3) is 0.167. The van der Waals surface area contributed by atoms with E-state index >= 15 is 0 Å². The average Bonchev–Trinajstić information content (AvgIpc) is 3.21. The predicted molar refractivity (Wildman–Crippen MR) is 123 cm³/mol. The molecule has 7 nitrogen and oxygen atoms in total. The van der Waals surface area contributed by atoms with Crippen molar-refractivity contribution < 1.29 is 23.6 Å². The third-order valence-corrected chi connectivity index (χ3v) is 6.21. The standard InChI is InChI=1S/C24H20FN3O4S/c1-15-18-4-2-3-5-19(18)22(30)27(15)12-10-21(29)26-11-13-28-23(31)20(33-24(28)32)14-16-6-8-17(25)9-7-16/h2-9,14H,1,10-13H2,(H,26,29)/b20-14-. The minimum absolute atomic E-state index is 0.0258. The number of nitrogens with zero attached hydrogens (tertiary/aromatic N) is 2. The molecule has 1 fully saturated rings. The van der Waals surface area contributed by atoms with Crippen molar-refractivity contribution >= 4 is 46.5 Å². The van der Waals surface area contributed by atoms with Gasteiger partial charge in [0.15, 0.2) is 0 Å². The molecule has 4 amide bonds. The fourth-order valence-corrected chi connectivity index (χ4v) is 4.45. The summed E-state index contributed by atoms with van der Waals surface area (Å²) in [6.07, 6.45) is 1.59. The molecule has 1 saturated heterocycles. The smallest absolute Gasteiger partial charge is 0.293 e. The van der Waals surface area contributed by atoms with Crippen LogP contribution in [0.5, 0.6) is 0 Å². The largest absolute Gasteiger partial charge is 0.354 e. The number of nitrogens with one attached hydrogen (secondary N) is 1. The van der Waals surface area contributed by atoms with Gasteiger partial charge in [-0.05, 0) is 41.6 Å². The SMILES string of the molecule is C=C1c2ccccc2C(=O)N1CCC(=O)NCCN1C(=O)S/C(=C\c2ccc(F)cc2)C1=O. The predicted octanol–water partition coefficient (Wildman–Crippen LogP) is 3.50. The van der Waals surface area contributed by atoms with Gasteiger partial charge in [-0.25, -0.2) is 4.39 Å². The van der Waals surface area contributed by atoms with Gasteiger partial charge in [0.25, 0.3) is 17.1 Å². The van der Waals surface area contributed by atoms with Crippen LogP contribution in [0.25, 0.3) is 11.8 Å². The Labute approximate surface area is 193 Å². The van der Waals surface area contributed by atoms with E-state index in [0.717, 1.165) is 22.2 Å². The topological polar surface area (TPSA) is 86.8 Å². The molecule has 0 aliphatic carbocycles. The molecule has 0 spiro atoms. The van der Waals surface area contributed by atoms with Crippen LogP contribution in [0, 0.1) is 5.82 Å². The Morgan fingerprint density at radius 3 is 2.36 bits per heavy atom. The second-order valence-corrected chi connectivity index (χ2v) is 8.43. The van der Waals surface area contributed by atoms with E-state index in [1.807, 2.05) is 12.1 Å². The lowest BCUT2D eigenvalue weighted by atomic mass is 10.1. The van der Waals surface area contributed by atoms with Crippen molar-refractivity contribution in [2.45, 2.75) is 6.42 Å². The minimum atomic E-state index is -0.458. The van der Waals surface area contributed by atoms with E-state index in [0.29, 0.717) is 16.8 Å². The number of rotatable bonds is 7. The maximum atomic E-state index is 13.0. The first-order chi connectivity index (χ1) is 15.8. The summed E-state index contributed by atoms with van der Waals surface area (Å²) in [7, 11) is 0. The molecular weight excluding hydrogens is 445 g/mol. The molecule has 0 atom stereocenters. The highest BCUT2D eigenvalue weighted by atomic mass is 32.2. The number of hydrogen-bond donors (Lipinski definition) is 1. The summed E-state index contributed by atoms with van der Waals surface area (Å²) < 4.78 is 13.0. The summed E-state index contributed by atoms with van der Waals surface area (Å²) in [5.74, 6) is -1.34. The Balaban J connectivity index is 1.25. The maximum absolute atomic E-state index is 13.0. The highest BCUT2D eigenvalue weighted by molar-refractivity contribution is 8.18. The first-order valence-electron chi connectivity index (χ1n) is 10.2. The van der Waals surface area contributed by atoms with Gasteiger partial charge in [-0.3, -0.25) is 24.1 Å². The lowest BCUT2D eigenvalue weighted by Gasteiger charge is -2.17. The third kappa shape index (κ3) is 4.73. The van der Waals surface area contributed by atoms with Gasteiger partial charge in [-0.15, -0.1) is 0 Å². The van der Waals surface area contributed by atoms with E-state index in [9.17, 15) is 23.6 Å². The van der Waals surface area contributed by atoms with Gasteiger partial charge >= 0.3 is 0 Å². The Morgan fingerprint density at radius 2 is 1.67 bits per heavy atom. The summed E-state index contributed by atoms with van der Waals surface area (Å²) in [6, 6.07) is 12.7. The first kappa shape index (κ1) is 22.5. The monoisotopic (exact) mass is 465 g/mol. The maximum Gasteiger partial charge on any atom is 0.293 e. The Bertz CT molecular complexity index is 1160. The molecule has 0 aromatic heterocycles. The number of hydrogen-bond acceptors (Lipinski definition) is 5. The van der Waals surface area contributed by atoms with E-state index in [2.05, 4.69) is 11.9 Å². The molecule has 4 rings (SSSR count). The van der Waals surface area contributed by atoms with Crippen molar-refractivity contribution in [2.24, 2.45) is 0 Å². The molecule has 2 aromatic rings. The molecule has 2 aliphatic heterocycles. The number of benzene rings is 2. The Morgan fingerprint density at radius 1 is 0.970 bits per heavy atom. The highest BCUT2D eigenvalue weighted by Crippen LogP contribution is 2.32. The van der Waals surface area contributed by atoms with Gasteiger partial charge in [-0.1, -0.05) is 36.9 Å². The number of halogens is 1. The molecule has 0 unspecified atom stereocenters. The van der Waals surface area contributed by atoms with Crippen LogP contribution in [-0.2, 0) is 9.59 Å². The second kappa shape index (κ2) is 9.41. The number of carbonyl (C=O) groups is 4. The number of amides is 4. The highest BCUT2D eigenvalue weighted by Gasteiger charge is 2.35. The van der Waals surface area contributed by atoms with E-state index in [-0.39, 0.29) is 48.6 Å². The van der Waals surface area contributed by atoms with E-state index in [1.54, 1.807) is 12.1 Å². The molecule has 2 aromatic carbocycles. The molecule has 0 saturated carbocycles. The van der Waals surface area contributed by atoms with Crippen molar-refractivity contribution in [2.75, 3.05) is 19.6 Å². The Kier molecular flexibility index (Phi) is 6.41. The lowest BCUT2D eigenvalue weighted by molar-refractivity contribution is -0.124. The normalized spacial score (nSPS) is 16.7. The molecule has 2 heterocycles. The quantitative estimate of drug-likeness (QED) is 0.633. The van der Waals surface area contributed by atoms with Crippen molar-refractivity contribution in [1.29, 1.82) is 0 Å². The van der Waals surface area contributed by atoms with Crippen LogP contribution in [0.4, 0.5) is 9.18 Å². The lowest BCUT2D eigenvalue weighted by Crippen LogP contribution is -2.38. The molecular formula is C24H20FN3O4S. The van der Waals surface area contributed by atoms with Crippen LogP contribution in [0.15, 0.2) is 60.0 Å². The molecule has 33 heavy (non-hydrogen) atoms. The second-order valence-electron chi connectivity index (χ2n) is 7.43. The third-order valence-electron chi connectivity index (χ3n) is 5.30. The molecule has 1 N–H and O–H groups in total. The van der Waals surface area contributed by atoms with Gasteiger partial charge in [-0.2, -0.15) is 0 Å². The van der Waals surface area contributed by atoms with Crippen molar-refractivity contribution in [3.63, 3.8) is 0 Å². The van der Waals surface area contributed by atoms with E-state index < -0.39 is 11.1 Å². The number of thioether (sulfide) groups is 1. The zero-order valence-corrected chi connectivity index (χ0v) is 18.4.